The zero-order valence-corrected chi connectivity index (χ0v) is 16.3. The van der Waals surface area contributed by atoms with Gasteiger partial charge < -0.3 is 21.1 Å². The predicted octanol–water partition coefficient (Wildman–Crippen LogP) is 2.96. The topological polar surface area (TPSA) is 90.5 Å². The van der Waals surface area contributed by atoms with Gasteiger partial charge in [-0.15, -0.1) is 0 Å². The third kappa shape index (κ3) is 5.59. The van der Waals surface area contributed by atoms with Gasteiger partial charge in [0.2, 0.25) is 5.91 Å². The van der Waals surface area contributed by atoms with Gasteiger partial charge in [-0.3, -0.25) is 4.79 Å². The molecule has 1 saturated carbocycles. The van der Waals surface area contributed by atoms with Crippen LogP contribution >= 0.6 is 11.6 Å². The van der Waals surface area contributed by atoms with Crippen molar-refractivity contribution in [3.05, 3.63) is 34.9 Å². The molecule has 3 amide bonds. The Labute approximate surface area is 165 Å². The normalized spacial score (nSPS) is 29.4. The largest absolute Gasteiger partial charge is 0.374 e. The SMILES string of the molecule is C[C@@H]1CCC(CC(NC(=O)[C@H]2CNC(=O)NC(O)C2)c2cccc(Cl)c2)C1. The van der Waals surface area contributed by atoms with Crippen LogP contribution in [0.1, 0.15) is 50.6 Å². The van der Waals surface area contributed by atoms with Gasteiger partial charge in [-0.05, 0) is 42.4 Å². The molecule has 1 aromatic carbocycles. The molecule has 3 rings (SSSR count). The number of hydrogen-bond acceptors (Lipinski definition) is 3. The smallest absolute Gasteiger partial charge is 0.316 e. The first kappa shape index (κ1) is 20.0. The molecule has 1 saturated heterocycles. The van der Waals surface area contributed by atoms with Crippen LogP contribution in [0.25, 0.3) is 0 Å². The molecule has 1 aliphatic heterocycles. The van der Waals surface area contributed by atoms with Gasteiger partial charge in [0.1, 0.15) is 6.23 Å². The molecular weight excluding hydrogens is 366 g/mol. The maximum Gasteiger partial charge on any atom is 0.316 e. The van der Waals surface area contributed by atoms with Crippen LogP contribution in [0.2, 0.25) is 5.02 Å². The van der Waals surface area contributed by atoms with E-state index in [0.29, 0.717) is 10.9 Å². The summed E-state index contributed by atoms with van der Waals surface area (Å²) in [7, 11) is 0. The van der Waals surface area contributed by atoms with Gasteiger partial charge in [0.15, 0.2) is 0 Å². The molecule has 7 heteroatoms. The van der Waals surface area contributed by atoms with Crippen LogP contribution in [0.3, 0.4) is 0 Å². The number of nitrogens with one attached hydrogen (secondary N) is 3. The van der Waals surface area contributed by atoms with E-state index < -0.39 is 18.2 Å². The summed E-state index contributed by atoms with van der Waals surface area (Å²) in [5, 5.41) is 18.7. The number of aliphatic hydroxyl groups is 1. The van der Waals surface area contributed by atoms with Crippen LogP contribution in [-0.2, 0) is 4.79 Å². The molecule has 1 aliphatic carbocycles. The number of hydrogen-bond donors (Lipinski definition) is 4. The molecule has 5 atom stereocenters. The van der Waals surface area contributed by atoms with E-state index in [0.717, 1.165) is 17.9 Å². The van der Waals surface area contributed by atoms with E-state index in [1.807, 2.05) is 24.3 Å². The molecule has 2 aliphatic rings. The van der Waals surface area contributed by atoms with Crippen LogP contribution in [0.15, 0.2) is 24.3 Å². The lowest BCUT2D eigenvalue weighted by atomic mass is 9.92. The van der Waals surface area contributed by atoms with E-state index in [9.17, 15) is 14.7 Å². The van der Waals surface area contributed by atoms with E-state index in [2.05, 4.69) is 22.9 Å². The fraction of sp³-hybridized carbons (Fsp3) is 0.600. The highest BCUT2D eigenvalue weighted by molar-refractivity contribution is 6.30. The summed E-state index contributed by atoms with van der Waals surface area (Å²) in [5.74, 6) is 0.659. The Morgan fingerprint density at radius 3 is 2.89 bits per heavy atom. The molecule has 1 heterocycles. The summed E-state index contributed by atoms with van der Waals surface area (Å²) in [5.41, 5.74) is 0.992. The Morgan fingerprint density at radius 1 is 1.37 bits per heavy atom. The maximum atomic E-state index is 12.9. The summed E-state index contributed by atoms with van der Waals surface area (Å²) in [6.07, 6.45) is 3.62. The minimum Gasteiger partial charge on any atom is -0.374 e. The number of carbonyl (C=O) groups excluding carboxylic acids is 2. The van der Waals surface area contributed by atoms with Crippen molar-refractivity contribution in [1.29, 1.82) is 0 Å². The van der Waals surface area contributed by atoms with Gasteiger partial charge in [-0.2, -0.15) is 0 Å². The molecule has 2 fully saturated rings. The second-order valence-corrected chi connectivity index (χ2v) is 8.38. The van der Waals surface area contributed by atoms with E-state index in [1.54, 1.807) is 0 Å². The lowest BCUT2D eigenvalue weighted by Gasteiger charge is -2.25. The van der Waals surface area contributed by atoms with Gasteiger partial charge in [-0.1, -0.05) is 43.5 Å². The van der Waals surface area contributed by atoms with Crippen LogP contribution in [-0.4, -0.2) is 29.8 Å². The molecule has 1 aromatic rings. The maximum absolute atomic E-state index is 12.9. The van der Waals surface area contributed by atoms with Crippen LogP contribution < -0.4 is 16.0 Å². The summed E-state index contributed by atoms with van der Waals surface area (Å²) in [6.45, 7) is 2.48. The van der Waals surface area contributed by atoms with E-state index in [4.69, 9.17) is 11.6 Å². The van der Waals surface area contributed by atoms with Crippen LogP contribution in [0, 0.1) is 17.8 Å². The average molecular weight is 394 g/mol. The number of halogens is 1. The van der Waals surface area contributed by atoms with Crippen molar-refractivity contribution in [2.75, 3.05) is 6.54 Å². The number of rotatable bonds is 5. The molecule has 0 radical (unpaired) electrons. The Hall–Kier alpha value is -1.79. The Morgan fingerprint density at radius 2 is 2.19 bits per heavy atom. The molecule has 6 nitrogen and oxygen atoms in total. The molecule has 4 N–H and O–H groups in total. The van der Waals surface area contributed by atoms with Crippen LogP contribution in [0.5, 0.6) is 0 Å². The van der Waals surface area contributed by atoms with Gasteiger partial charge in [-0.25, -0.2) is 4.79 Å². The van der Waals surface area contributed by atoms with Gasteiger partial charge in [0.25, 0.3) is 0 Å². The minimum absolute atomic E-state index is 0.129. The third-order valence-corrected chi connectivity index (χ3v) is 5.86. The molecule has 0 bridgehead atoms. The van der Waals surface area contributed by atoms with Crippen molar-refractivity contribution >= 4 is 23.5 Å². The first-order chi connectivity index (χ1) is 12.9. The standard InChI is InChI=1S/C20H28ClN3O3/c1-12-5-6-13(7-12)8-17(14-3-2-4-16(21)9-14)23-19(26)15-10-18(25)24-20(27)22-11-15/h2-4,9,12-13,15,17-18,25H,5-8,10-11H2,1H3,(H,23,26)(H2,22,24,27)/t12-,13?,15-,17?,18?/m1/s1. The van der Waals surface area contributed by atoms with E-state index in [1.165, 1.54) is 19.3 Å². The highest BCUT2D eigenvalue weighted by Crippen LogP contribution is 2.37. The summed E-state index contributed by atoms with van der Waals surface area (Å²) >= 11 is 6.17. The Balaban J connectivity index is 1.71. The van der Waals surface area contributed by atoms with Crippen molar-refractivity contribution in [2.45, 2.75) is 51.3 Å². The summed E-state index contributed by atoms with van der Waals surface area (Å²) in [4.78, 5) is 24.4. The number of amides is 3. The van der Waals surface area contributed by atoms with E-state index in [-0.39, 0.29) is 24.9 Å². The highest BCUT2D eigenvalue weighted by atomic mass is 35.5. The molecular formula is C20H28ClN3O3. The van der Waals surface area contributed by atoms with Crippen molar-refractivity contribution in [3.63, 3.8) is 0 Å². The lowest BCUT2D eigenvalue weighted by Crippen LogP contribution is -2.39. The second kappa shape index (κ2) is 8.93. The number of carbonyl (C=O) groups is 2. The lowest BCUT2D eigenvalue weighted by molar-refractivity contribution is -0.126. The van der Waals surface area contributed by atoms with Gasteiger partial charge in [0.05, 0.1) is 12.0 Å². The zero-order valence-electron chi connectivity index (χ0n) is 15.6. The second-order valence-electron chi connectivity index (χ2n) is 7.94. The fourth-order valence-electron chi connectivity index (χ4n) is 4.19. The summed E-state index contributed by atoms with van der Waals surface area (Å²) < 4.78 is 0. The van der Waals surface area contributed by atoms with E-state index >= 15 is 0 Å². The summed E-state index contributed by atoms with van der Waals surface area (Å²) in [6, 6.07) is 7.02. The monoisotopic (exact) mass is 393 g/mol. The average Bonchev–Trinajstić information content (AvgIpc) is 2.93. The molecule has 148 valence electrons. The first-order valence-electron chi connectivity index (χ1n) is 9.69. The molecule has 3 unspecified atom stereocenters. The third-order valence-electron chi connectivity index (χ3n) is 5.63. The quantitative estimate of drug-likeness (QED) is 0.619. The number of urea groups is 1. The Bertz CT molecular complexity index is 684. The van der Waals surface area contributed by atoms with Gasteiger partial charge in [0, 0.05) is 18.0 Å². The van der Waals surface area contributed by atoms with Crippen molar-refractivity contribution in [1.82, 2.24) is 16.0 Å². The molecule has 27 heavy (non-hydrogen) atoms. The van der Waals surface area contributed by atoms with Gasteiger partial charge >= 0.3 is 6.03 Å². The predicted molar refractivity (Wildman–Crippen MR) is 104 cm³/mol. The molecule has 0 spiro atoms. The van der Waals surface area contributed by atoms with Crippen molar-refractivity contribution in [2.24, 2.45) is 17.8 Å². The number of aliphatic hydroxyl groups excluding tert-OH is 1. The Kier molecular flexibility index (Phi) is 6.60. The van der Waals surface area contributed by atoms with Crippen molar-refractivity contribution < 1.29 is 14.7 Å². The fourth-order valence-corrected chi connectivity index (χ4v) is 4.39. The zero-order chi connectivity index (χ0) is 19.4. The van der Waals surface area contributed by atoms with Crippen LogP contribution in [0.4, 0.5) is 4.79 Å². The van der Waals surface area contributed by atoms with Crippen molar-refractivity contribution in [3.8, 4) is 0 Å². The first-order valence-corrected chi connectivity index (χ1v) is 10.1. The molecule has 0 aromatic heterocycles. The number of benzene rings is 1. The highest BCUT2D eigenvalue weighted by Gasteiger charge is 2.30. The minimum atomic E-state index is -1.02.